The van der Waals surface area contributed by atoms with Gasteiger partial charge in [0.1, 0.15) is 12.6 Å². The molecule has 118 valence electrons. The number of alkyl halides is 3. The van der Waals surface area contributed by atoms with E-state index in [-0.39, 0.29) is 13.0 Å². The van der Waals surface area contributed by atoms with Crippen LogP contribution < -0.4 is 0 Å². The zero-order valence-electron chi connectivity index (χ0n) is 10.9. The lowest BCUT2D eigenvalue weighted by Gasteiger charge is -2.29. The molecular weight excluding hydrogens is 301 g/mol. The Labute approximate surface area is 115 Å². The molecule has 0 saturated carbocycles. The maximum Gasteiger partial charge on any atom is 0.406 e. The fourth-order valence-corrected chi connectivity index (χ4v) is 3.32. The van der Waals surface area contributed by atoms with E-state index in [4.69, 9.17) is 5.11 Å². The van der Waals surface area contributed by atoms with Gasteiger partial charge in [-0.1, -0.05) is 0 Å². The monoisotopic (exact) mass is 318 g/mol. The Hall–Kier alpha value is -0.870. The van der Waals surface area contributed by atoms with Crippen LogP contribution in [-0.4, -0.2) is 73.4 Å². The summed E-state index contributed by atoms with van der Waals surface area (Å²) in [4.78, 5) is 12.5. The number of carbonyl (C=O) groups excluding carboxylic acids is 1. The third-order valence-electron chi connectivity index (χ3n) is 2.97. The molecule has 1 aliphatic rings. The number of carbonyl (C=O) groups is 1. The number of amides is 1. The Morgan fingerprint density at radius 1 is 1.45 bits per heavy atom. The van der Waals surface area contributed by atoms with Crippen molar-refractivity contribution in [3.63, 3.8) is 0 Å². The lowest BCUT2D eigenvalue weighted by Crippen LogP contribution is -2.50. The van der Waals surface area contributed by atoms with Gasteiger partial charge in [0.25, 0.3) is 0 Å². The molecule has 10 heteroatoms. The highest BCUT2D eigenvalue weighted by atomic mass is 32.2. The van der Waals surface area contributed by atoms with E-state index in [2.05, 4.69) is 0 Å². The number of sulfonamides is 1. The molecule has 0 aromatic carbocycles. The van der Waals surface area contributed by atoms with Crippen molar-refractivity contribution in [2.45, 2.75) is 25.1 Å². The minimum atomic E-state index is -4.60. The lowest BCUT2D eigenvalue weighted by atomic mass is 10.2. The van der Waals surface area contributed by atoms with Crippen molar-refractivity contribution in [2.75, 3.05) is 32.5 Å². The maximum atomic E-state index is 12.4. The minimum Gasteiger partial charge on any atom is -0.395 e. The molecule has 1 rings (SSSR count). The largest absolute Gasteiger partial charge is 0.406 e. The molecular formula is C10H17F3N2O4S. The van der Waals surface area contributed by atoms with Crippen LogP contribution in [0.4, 0.5) is 13.2 Å². The molecule has 1 heterocycles. The van der Waals surface area contributed by atoms with Gasteiger partial charge in [-0.05, 0) is 12.8 Å². The quantitative estimate of drug-likeness (QED) is 0.761. The van der Waals surface area contributed by atoms with Crippen LogP contribution in [0, 0.1) is 0 Å². The van der Waals surface area contributed by atoms with Gasteiger partial charge in [0.15, 0.2) is 0 Å². The first kappa shape index (κ1) is 17.2. The first-order chi connectivity index (χ1) is 9.06. The Kier molecular flexibility index (Phi) is 5.39. The van der Waals surface area contributed by atoms with E-state index in [0.29, 0.717) is 11.3 Å². The molecule has 1 fully saturated rings. The number of hydrogen-bond acceptors (Lipinski definition) is 4. The average Bonchev–Trinajstić information content (AvgIpc) is 2.74. The molecule has 20 heavy (non-hydrogen) atoms. The van der Waals surface area contributed by atoms with E-state index in [0.717, 1.165) is 10.6 Å². The summed E-state index contributed by atoms with van der Waals surface area (Å²) in [6, 6.07) is -1.11. The molecule has 1 unspecified atom stereocenters. The zero-order chi connectivity index (χ0) is 15.6. The third-order valence-corrected chi connectivity index (χ3v) is 4.26. The Morgan fingerprint density at radius 2 is 2.05 bits per heavy atom. The molecule has 1 saturated heterocycles. The summed E-state index contributed by atoms with van der Waals surface area (Å²) in [5.74, 6) is -0.917. The second kappa shape index (κ2) is 6.27. The lowest BCUT2D eigenvalue weighted by molar-refractivity contribution is -0.163. The molecule has 1 N–H and O–H groups in total. The van der Waals surface area contributed by atoms with E-state index in [1.807, 2.05) is 0 Å². The van der Waals surface area contributed by atoms with Crippen molar-refractivity contribution < 1.29 is 31.5 Å². The van der Waals surface area contributed by atoms with E-state index in [9.17, 15) is 26.4 Å². The standard InChI is InChI=1S/C10H17F3N2O4S/c1-20(18,19)15-4-2-3-8(15)9(17)14(5-6-16)7-10(11,12)13/h8,16H,2-7H2,1H3. The molecule has 0 aromatic rings. The molecule has 1 amide bonds. The number of hydrogen-bond donors (Lipinski definition) is 1. The van der Waals surface area contributed by atoms with Gasteiger partial charge < -0.3 is 10.0 Å². The van der Waals surface area contributed by atoms with E-state index in [1.54, 1.807) is 0 Å². The zero-order valence-corrected chi connectivity index (χ0v) is 11.7. The van der Waals surface area contributed by atoms with Crippen molar-refractivity contribution in [1.29, 1.82) is 0 Å². The van der Waals surface area contributed by atoms with Gasteiger partial charge in [-0.2, -0.15) is 17.5 Å². The first-order valence-electron chi connectivity index (χ1n) is 5.99. The first-order valence-corrected chi connectivity index (χ1v) is 7.84. The topological polar surface area (TPSA) is 77.9 Å². The number of halogens is 3. The summed E-state index contributed by atoms with van der Waals surface area (Å²) in [7, 11) is -3.65. The predicted molar refractivity (Wildman–Crippen MR) is 64.3 cm³/mol. The molecule has 1 atom stereocenters. The SMILES string of the molecule is CS(=O)(=O)N1CCCC1C(=O)N(CCO)CC(F)(F)F. The van der Waals surface area contributed by atoms with Crippen LogP contribution in [0.15, 0.2) is 0 Å². The van der Waals surface area contributed by atoms with Gasteiger partial charge in [0.2, 0.25) is 15.9 Å². The summed E-state index contributed by atoms with van der Waals surface area (Å²) >= 11 is 0. The Morgan fingerprint density at radius 3 is 2.50 bits per heavy atom. The van der Waals surface area contributed by atoms with Gasteiger partial charge in [0, 0.05) is 13.1 Å². The molecule has 0 bridgehead atoms. The molecule has 6 nitrogen and oxygen atoms in total. The van der Waals surface area contributed by atoms with Gasteiger partial charge >= 0.3 is 6.18 Å². The molecule has 0 aromatic heterocycles. The van der Waals surface area contributed by atoms with E-state index < -0.39 is 47.8 Å². The normalized spacial score (nSPS) is 21.1. The third kappa shape index (κ3) is 4.60. The average molecular weight is 318 g/mol. The number of rotatable bonds is 5. The predicted octanol–water partition coefficient (Wildman–Crippen LogP) is -0.206. The molecule has 0 radical (unpaired) electrons. The van der Waals surface area contributed by atoms with Gasteiger partial charge in [-0.15, -0.1) is 0 Å². The van der Waals surface area contributed by atoms with Crippen LogP contribution in [0.25, 0.3) is 0 Å². The highest BCUT2D eigenvalue weighted by molar-refractivity contribution is 7.88. The van der Waals surface area contributed by atoms with Crippen molar-refractivity contribution in [3.05, 3.63) is 0 Å². The van der Waals surface area contributed by atoms with Crippen molar-refractivity contribution in [3.8, 4) is 0 Å². The van der Waals surface area contributed by atoms with E-state index >= 15 is 0 Å². The van der Waals surface area contributed by atoms with Crippen molar-refractivity contribution in [1.82, 2.24) is 9.21 Å². The van der Waals surface area contributed by atoms with Crippen molar-refractivity contribution >= 4 is 15.9 Å². The van der Waals surface area contributed by atoms with Gasteiger partial charge in [-0.3, -0.25) is 4.79 Å². The molecule has 1 aliphatic heterocycles. The van der Waals surface area contributed by atoms with Crippen molar-refractivity contribution in [2.24, 2.45) is 0 Å². The summed E-state index contributed by atoms with van der Waals surface area (Å²) in [5, 5.41) is 8.76. The Bertz CT molecular complexity index is 452. The van der Waals surface area contributed by atoms with Crippen LogP contribution in [0.1, 0.15) is 12.8 Å². The Balaban J connectivity index is 2.89. The summed E-state index contributed by atoms with van der Waals surface area (Å²) in [6.07, 6.45) is -3.08. The van der Waals surface area contributed by atoms with Crippen LogP contribution in [-0.2, 0) is 14.8 Å². The molecule has 0 spiro atoms. The second-order valence-electron chi connectivity index (χ2n) is 4.63. The fourth-order valence-electron chi connectivity index (χ4n) is 2.20. The highest BCUT2D eigenvalue weighted by Gasteiger charge is 2.41. The van der Waals surface area contributed by atoms with Gasteiger partial charge in [0.05, 0.1) is 12.9 Å². The van der Waals surface area contributed by atoms with Crippen LogP contribution in [0.3, 0.4) is 0 Å². The highest BCUT2D eigenvalue weighted by Crippen LogP contribution is 2.24. The maximum absolute atomic E-state index is 12.4. The molecule has 0 aliphatic carbocycles. The fraction of sp³-hybridized carbons (Fsp3) is 0.900. The van der Waals surface area contributed by atoms with E-state index in [1.165, 1.54) is 0 Å². The number of nitrogens with zero attached hydrogens (tertiary/aromatic N) is 2. The number of aliphatic hydroxyl groups excluding tert-OH is 1. The number of aliphatic hydroxyl groups is 1. The minimum absolute atomic E-state index is 0.119. The summed E-state index contributed by atoms with van der Waals surface area (Å²) in [5.41, 5.74) is 0. The smallest absolute Gasteiger partial charge is 0.395 e. The second-order valence-corrected chi connectivity index (χ2v) is 6.57. The summed E-state index contributed by atoms with van der Waals surface area (Å²) < 4.78 is 61.1. The van der Waals surface area contributed by atoms with Crippen LogP contribution in [0.5, 0.6) is 0 Å². The van der Waals surface area contributed by atoms with Crippen LogP contribution >= 0.6 is 0 Å². The summed E-state index contributed by atoms with van der Waals surface area (Å²) in [6.45, 7) is -2.48. The van der Waals surface area contributed by atoms with Gasteiger partial charge in [-0.25, -0.2) is 8.42 Å². The van der Waals surface area contributed by atoms with Crippen LogP contribution in [0.2, 0.25) is 0 Å².